The van der Waals surface area contributed by atoms with Crippen molar-refractivity contribution >= 4 is 29.2 Å². The van der Waals surface area contributed by atoms with Gasteiger partial charge in [-0.1, -0.05) is 77.9 Å². The molecule has 21 heavy (non-hydrogen) atoms. The third-order valence-corrected chi connectivity index (χ3v) is 17.1. The second-order valence-corrected chi connectivity index (χ2v) is 15.4. The average Bonchev–Trinajstić information content (AvgIpc) is 2.43. The molecule has 0 radical (unpaired) electrons. The molecule has 0 atom stereocenters. The first-order valence-electron chi connectivity index (χ1n) is 8.06. The van der Waals surface area contributed by atoms with Crippen LogP contribution in [0.3, 0.4) is 0 Å². The SMILES string of the molecule is CC(C)[Si](Sc1cccc2ccccc12)(C(C)C)C(C)C. The van der Waals surface area contributed by atoms with Crippen LogP contribution in [0.4, 0.5) is 0 Å². The normalized spacial score (nSPS) is 12.8. The summed E-state index contributed by atoms with van der Waals surface area (Å²) in [4.78, 5) is 1.48. The quantitative estimate of drug-likeness (QED) is 0.530. The minimum Gasteiger partial charge on any atom is -0.150 e. The Morgan fingerprint density at radius 2 is 1.24 bits per heavy atom. The highest BCUT2D eigenvalue weighted by molar-refractivity contribution is 8.29. The maximum Gasteiger partial charge on any atom is 0.131 e. The van der Waals surface area contributed by atoms with Gasteiger partial charge in [0.2, 0.25) is 0 Å². The van der Waals surface area contributed by atoms with Gasteiger partial charge in [-0.2, -0.15) is 0 Å². The second kappa shape index (κ2) is 6.58. The Morgan fingerprint density at radius 1 is 0.714 bits per heavy atom. The van der Waals surface area contributed by atoms with E-state index in [2.05, 4.69) is 95.2 Å². The first-order chi connectivity index (χ1) is 9.89. The molecule has 2 heteroatoms. The van der Waals surface area contributed by atoms with Crippen molar-refractivity contribution in [2.45, 2.75) is 63.1 Å². The Hall–Kier alpha value is -0.733. The van der Waals surface area contributed by atoms with Crippen molar-refractivity contribution in [3.8, 4) is 0 Å². The van der Waals surface area contributed by atoms with Crippen LogP contribution in [0.15, 0.2) is 47.4 Å². The number of rotatable bonds is 5. The van der Waals surface area contributed by atoms with E-state index in [1.165, 1.54) is 15.7 Å². The van der Waals surface area contributed by atoms with Crippen LogP contribution in [0.2, 0.25) is 16.6 Å². The zero-order valence-corrected chi connectivity index (χ0v) is 16.0. The molecule has 0 saturated carbocycles. The first-order valence-corrected chi connectivity index (χ1v) is 11.8. The van der Waals surface area contributed by atoms with E-state index in [9.17, 15) is 0 Å². The molecule has 0 fully saturated rings. The Kier molecular flexibility index (Phi) is 5.21. The molecule has 0 spiro atoms. The standard InChI is InChI=1S/C19H28SSi/c1-14(2)21(15(3)4,16(5)6)20-19-13-9-11-17-10-7-8-12-18(17)19/h7-16H,1-6H3. The van der Waals surface area contributed by atoms with Gasteiger partial charge in [-0.25, -0.2) is 0 Å². The molecule has 0 aliphatic carbocycles. The van der Waals surface area contributed by atoms with E-state index in [1.54, 1.807) is 0 Å². The minimum absolute atomic E-state index is 0.779. The molecule has 114 valence electrons. The fraction of sp³-hybridized carbons (Fsp3) is 0.474. The van der Waals surface area contributed by atoms with Crippen LogP contribution in [-0.4, -0.2) is 7.22 Å². The number of hydrogen-bond acceptors (Lipinski definition) is 1. The first kappa shape index (κ1) is 16.6. The van der Waals surface area contributed by atoms with Gasteiger partial charge in [0, 0.05) is 4.90 Å². The Bertz CT molecular complexity index is 574. The lowest BCUT2D eigenvalue weighted by Crippen LogP contribution is -2.40. The average molecular weight is 317 g/mol. The number of hydrogen-bond donors (Lipinski definition) is 0. The van der Waals surface area contributed by atoms with Crippen LogP contribution in [0.25, 0.3) is 10.8 Å². The predicted molar refractivity (Wildman–Crippen MR) is 101 cm³/mol. The van der Waals surface area contributed by atoms with Crippen LogP contribution in [0, 0.1) is 0 Å². The van der Waals surface area contributed by atoms with Gasteiger partial charge in [0.15, 0.2) is 0 Å². The van der Waals surface area contributed by atoms with Gasteiger partial charge in [-0.3, -0.25) is 0 Å². The van der Waals surface area contributed by atoms with E-state index >= 15 is 0 Å². The van der Waals surface area contributed by atoms with Crippen molar-refractivity contribution in [3.63, 3.8) is 0 Å². The van der Waals surface area contributed by atoms with Crippen LogP contribution >= 0.6 is 11.2 Å². The Morgan fingerprint density at radius 3 is 1.81 bits per heavy atom. The molecule has 0 amide bonds. The highest BCUT2D eigenvalue weighted by Gasteiger charge is 2.44. The highest BCUT2D eigenvalue weighted by Crippen LogP contribution is 2.52. The van der Waals surface area contributed by atoms with E-state index < -0.39 is 7.22 Å². The predicted octanol–water partition coefficient (Wildman–Crippen LogP) is 7.11. The van der Waals surface area contributed by atoms with Crippen LogP contribution in [0.1, 0.15) is 41.5 Å². The summed E-state index contributed by atoms with van der Waals surface area (Å²) in [5, 5.41) is 2.78. The summed E-state index contributed by atoms with van der Waals surface area (Å²) < 4.78 is 0. The molecule has 2 aromatic carbocycles. The fourth-order valence-electron chi connectivity index (χ4n) is 3.83. The third kappa shape index (κ3) is 3.07. The third-order valence-electron chi connectivity index (χ3n) is 4.74. The van der Waals surface area contributed by atoms with Crippen molar-refractivity contribution in [2.75, 3.05) is 0 Å². The summed E-state index contributed by atoms with van der Waals surface area (Å²) in [6.07, 6.45) is 0. The van der Waals surface area contributed by atoms with Crippen molar-refractivity contribution < 1.29 is 0 Å². The van der Waals surface area contributed by atoms with E-state index in [4.69, 9.17) is 0 Å². The second-order valence-electron chi connectivity index (χ2n) is 6.90. The Labute approximate surface area is 135 Å². The lowest BCUT2D eigenvalue weighted by molar-refractivity contribution is 0.851. The van der Waals surface area contributed by atoms with E-state index in [0.29, 0.717) is 0 Å². The molecular formula is C19H28SSi. The van der Waals surface area contributed by atoms with Crippen LogP contribution in [-0.2, 0) is 0 Å². The largest absolute Gasteiger partial charge is 0.150 e. The molecular weight excluding hydrogens is 288 g/mol. The van der Waals surface area contributed by atoms with E-state index in [1.807, 2.05) is 0 Å². The molecule has 2 aromatic rings. The lowest BCUT2D eigenvalue weighted by Gasteiger charge is -2.42. The van der Waals surface area contributed by atoms with Gasteiger partial charge >= 0.3 is 0 Å². The summed E-state index contributed by atoms with van der Waals surface area (Å²) >= 11 is 2.23. The smallest absolute Gasteiger partial charge is 0.131 e. The molecule has 0 unspecified atom stereocenters. The van der Waals surface area contributed by atoms with Crippen molar-refractivity contribution in [3.05, 3.63) is 42.5 Å². The van der Waals surface area contributed by atoms with Gasteiger partial charge in [0.1, 0.15) is 7.22 Å². The van der Waals surface area contributed by atoms with Crippen LogP contribution in [0.5, 0.6) is 0 Å². The molecule has 0 aliphatic heterocycles. The Balaban J connectivity index is 2.54. The van der Waals surface area contributed by atoms with Gasteiger partial charge in [0.05, 0.1) is 0 Å². The number of benzene rings is 2. The van der Waals surface area contributed by atoms with E-state index in [0.717, 1.165) is 16.6 Å². The van der Waals surface area contributed by atoms with Gasteiger partial charge in [0.25, 0.3) is 0 Å². The molecule has 0 saturated heterocycles. The summed E-state index contributed by atoms with van der Waals surface area (Å²) in [6.45, 7) is 14.6. The zero-order chi connectivity index (χ0) is 15.6. The van der Waals surface area contributed by atoms with Gasteiger partial charge in [-0.15, -0.1) is 11.2 Å². The van der Waals surface area contributed by atoms with Crippen LogP contribution < -0.4 is 0 Å². The molecule has 0 heterocycles. The topological polar surface area (TPSA) is 0 Å². The van der Waals surface area contributed by atoms with Crippen molar-refractivity contribution in [2.24, 2.45) is 0 Å². The summed E-state index contributed by atoms with van der Waals surface area (Å²) in [7, 11) is -1.47. The monoisotopic (exact) mass is 316 g/mol. The fourth-order valence-corrected chi connectivity index (χ4v) is 13.2. The number of fused-ring (bicyclic) bond motifs is 1. The molecule has 0 nitrogen and oxygen atoms in total. The summed E-state index contributed by atoms with van der Waals surface area (Å²) in [5.74, 6) is 0. The zero-order valence-electron chi connectivity index (χ0n) is 14.2. The van der Waals surface area contributed by atoms with Crippen molar-refractivity contribution in [1.82, 2.24) is 0 Å². The molecule has 2 rings (SSSR count). The maximum absolute atomic E-state index is 2.43. The minimum atomic E-state index is -1.47. The maximum atomic E-state index is 2.43. The summed E-state index contributed by atoms with van der Waals surface area (Å²) in [6, 6.07) is 15.6. The van der Waals surface area contributed by atoms with E-state index in [-0.39, 0.29) is 0 Å². The summed E-state index contributed by atoms with van der Waals surface area (Å²) in [5.41, 5.74) is 2.34. The molecule has 0 N–H and O–H groups in total. The molecule has 0 aromatic heterocycles. The van der Waals surface area contributed by atoms with Crippen molar-refractivity contribution in [1.29, 1.82) is 0 Å². The molecule has 0 aliphatic rings. The van der Waals surface area contributed by atoms with Gasteiger partial charge in [-0.05, 0) is 33.5 Å². The lowest BCUT2D eigenvalue weighted by atomic mass is 10.1. The molecule has 0 bridgehead atoms. The highest BCUT2D eigenvalue weighted by atomic mass is 32.4. The van der Waals surface area contributed by atoms with Gasteiger partial charge < -0.3 is 0 Å².